The molecule has 148 valence electrons. The number of hydrogen-bond donors (Lipinski definition) is 1. The Labute approximate surface area is 163 Å². The molecule has 1 N–H and O–H groups in total. The maximum absolute atomic E-state index is 12.6. The van der Waals surface area contributed by atoms with Gasteiger partial charge in [0.2, 0.25) is 5.95 Å². The fourth-order valence-corrected chi connectivity index (χ4v) is 3.77. The van der Waals surface area contributed by atoms with E-state index in [9.17, 15) is 9.59 Å². The van der Waals surface area contributed by atoms with Gasteiger partial charge in [-0.3, -0.25) is 14.3 Å². The fraction of sp³-hybridized carbons (Fsp3) is 0.450. The number of fused-ring (bicyclic) bond motifs is 1. The van der Waals surface area contributed by atoms with Crippen LogP contribution in [0.5, 0.6) is 0 Å². The van der Waals surface area contributed by atoms with Crippen molar-refractivity contribution in [2.45, 2.75) is 19.4 Å². The molecule has 0 amide bonds. The Kier molecular flexibility index (Phi) is 5.04. The second kappa shape index (κ2) is 7.63. The largest absolute Gasteiger partial charge is 0.340 e. The van der Waals surface area contributed by atoms with Crippen LogP contribution >= 0.6 is 0 Å². The summed E-state index contributed by atoms with van der Waals surface area (Å²) in [5.41, 5.74) is 1.39. The molecule has 2 aromatic heterocycles. The maximum atomic E-state index is 12.6. The van der Waals surface area contributed by atoms with Crippen molar-refractivity contribution >= 4 is 17.1 Å². The number of benzene rings is 1. The van der Waals surface area contributed by atoms with Gasteiger partial charge in [0.05, 0.1) is 0 Å². The highest BCUT2D eigenvalue weighted by atomic mass is 16.2. The summed E-state index contributed by atoms with van der Waals surface area (Å²) in [7, 11) is 3.75. The average molecular weight is 382 g/mol. The van der Waals surface area contributed by atoms with E-state index in [4.69, 9.17) is 4.98 Å². The number of nitrogens with one attached hydrogen (secondary N) is 1. The standard InChI is InChI=1S/C20H26N6O2/c1-23-11-13-25(14-12-23)19-21-17-16(18(27)22-20(28)24(17)2)26(19)10-6-9-15-7-4-3-5-8-15/h3-5,7-8H,6,9-14H2,1-2H3,(H,22,27,28). The highest BCUT2D eigenvalue weighted by molar-refractivity contribution is 5.74. The first-order valence-corrected chi connectivity index (χ1v) is 9.71. The minimum atomic E-state index is -0.434. The van der Waals surface area contributed by atoms with Crippen LogP contribution in [0.3, 0.4) is 0 Å². The third kappa shape index (κ3) is 3.47. The lowest BCUT2D eigenvalue weighted by molar-refractivity contribution is 0.310. The van der Waals surface area contributed by atoms with Crippen molar-refractivity contribution in [2.75, 3.05) is 38.1 Å². The van der Waals surface area contributed by atoms with E-state index in [-0.39, 0.29) is 5.56 Å². The minimum Gasteiger partial charge on any atom is -0.340 e. The topological polar surface area (TPSA) is 79.2 Å². The molecule has 1 aromatic carbocycles. The number of nitrogens with zero attached hydrogens (tertiary/aromatic N) is 5. The molecular weight excluding hydrogens is 356 g/mol. The highest BCUT2D eigenvalue weighted by Crippen LogP contribution is 2.21. The molecule has 8 nitrogen and oxygen atoms in total. The maximum Gasteiger partial charge on any atom is 0.329 e. The molecule has 0 aliphatic carbocycles. The Balaban J connectivity index is 1.71. The van der Waals surface area contributed by atoms with Gasteiger partial charge in [0.15, 0.2) is 11.2 Å². The van der Waals surface area contributed by atoms with Crippen molar-refractivity contribution in [3.63, 3.8) is 0 Å². The van der Waals surface area contributed by atoms with Crippen molar-refractivity contribution in [1.82, 2.24) is 24.0 Å². The van der Waals surface area contributed by atoms with Crippen LogP contribution in [-0.2, 0) is 20.0 Å². The van der Waals surface area contributed by atoms with Gasteiger partial charge in [0.25, 0.3) is 5.56 Å². The van der Waals surface area contributed by atoms with Crippen molar-refractivity contribution in [3.05, 3.63) is 56.7 Å². The summed E-state index contributed by atoms with van der Waals surface area (Å²) < 4.78 is 3.41. The van der Waals surface area contributed by atoms with Crippen molar-refractivity contribution < 1.29 is 0 Å². The Morgan fingerprint density at radius 2 is 1.75 bits per heavy atom. The number of H-pyrrole nitrogens is 1. The number of aromatic nitrogens is 4. The molecule has 0 atom stereocenters. The van der Waals surface area contributed by atoms with Crippen LogP contribution < -0.4 is 16.1 Å². The molecule has 8 heteroatoms. The van der Waals surface area contributed by atoms with Gasteiger partial charge < -0.3 is 14.4 Å². The number of aromatic amines is 1. The van der Waals surface area contributed by atoms with E-state index in [1.165, 1.54) is 10.1 Å². The lowest BCUT2D eigenvalue weighted by atomic mass is 10.1. The van der Waals surface area contributed by atoms with Gasteiger partial charge in [-0.25, -0.2) is 4.79 Å². The number of rotatable bonds is 5. The number of imidazole rings is 1. The van der Waals surface area contributed by atoms with E-state index in [2.05, 4.69) is 34.0 Å². The van der Waals surface area contributed by atoms with Crippen LogP contribution in [-0.4, -0.2) is 57.2 Å². The quantitative estimate of drug-likeness (QED) is 0.706. The van der Waals surface area contributed by atoms with Gasteiger partial charge in [-0.1, -0.05) is 30.3 Å². The zero-order valence-corrected chi connectivity index (χ0v) is 16.4. The summed E-state index contributed by atoms with van der Waals surface area (Å²) in [4.78, 5) is 36.3. The molecule has 1 saturated heterocycles. The lowest BCUT2D eigenvalue weighted by Crippen LogP contribution is -2.45. The number of likely N-dealkylation sites (N-methyl/N-ethyl adjacent to an activating group) is 1. The Morgan fingerprint density at radius 1 is 1.04 bits per heavy atom. The van der Waals surface area contributed by atoms with Crippen LogP contribution in [0.1, 0.15) is 12.0 Å². The van der Waals surface area contributed by atoms with Crippen molar-refractivity contribution in [2.24, 2.45) is 7.05 Å². The van der Waals surface area contributed by atoms with E-state index in [1.807, 2.05) is 22.8 Å². The third-order valence-electron chi connectivity index (χ3n) is 5.46. The summed E-state index contributed by atoms with van der Waals surface area (Å²) in [5.74, 6) is 0.780. The van der Waals surface area contributed by atoms with Crippen LogP contribution in [0.4, 0.5) is 5.95 Å². The highest BCUT2D eigenvalue weighted by Gasteiger charge is 2.23. The molecule has 3 heterocycles. The lowest BCUT2D eigenvalue weighted by Gasteiger charge is -2.33. The van der Waals surface area contributed by atoms with Gasteiger partial charge in [-0.2, -0.15) is 4.98 Å². The molecule has 0 spiro atoms. The normalized spacial score (nSPS) is 15.4. The predicted octanol–water partition coefficient (Wildman–Crippen LogP) is 0.808. The second-order valence-electron chi connectivity index (χ2n) is 7.43. The van der Waals surface area contributed by atoms with E-state index < -0.39 is 5.69 Å². The van der Waals surface area contributed by atoms with Crippen LogP contribution in [0, 0.1) is 0 Å². The third-order valence-corrected chi connectivity index (χ3v) is 5.46. The van der Waals surface area contributed by atoms with E-state index in [0.29, 0.717) is 17.7 Å². The van der Waals surface area contributed by atoms with Crippen LogP contribution in [0.15, 0.2) is 39.9 Å². The van der Waals surface area contributed by atoms with E-state index in [1.54, 1.807) is 7.05 Å². The number of anilines is 1. The fourth-order valence-electron chi connectivity index (χ4n) is 3.77. The Hall–Kier alpha value is -2.87. The zero-order chi connectivity index (χ0) is 19.7. The minimum absolute atomic E-state index is 0.370. The van der Waals surface area contributed by atoms with Gasteiger partial charge in [0, 0.05) is 39.8 Å². The van der Waals surface area contributed by atoms with E-state index >= 15 is 0 Å². The van der Waals surface area contributed by atoms with Crippen molar-refractivity contribution in [1.29, 1.82) is 0 Å². The smallest absolute Gasteiger partial charge is 0.329 e. The first kappa shape index (κ1) is 18.5. The SMILES string of the molecule is CN1CCN(c2nc3c(c(=O)[nH]c(=O)n3C)n2CCCc2ccccc2)CC1. The summed E-state index contributed by atoms with van der Waals surface area (Å²) >= 11 is 0. The molecule has 0 radical (unpaired) electrons. The Bertz CT molecular complexity index is 1070. The summed E-state index contributed by atoms with van der Waals surface area (Å²) in [6.07, 6.45) is 1.81. The van der Waals surface area contributed by atoms with Gasteiger partial charge in [-0.05, 0) is 25.5 Å². The zero-order valence-electron chi connectivity index (χ0n) is 16.4. The molecule has 28 heavy (non-hydrogen) atoms. The van der Waals surface area contributed by atoms with Gasteiger partial charge in [0.1, 0.15) is 0 Å². The average Bonchev–Trinajstić information content (AvgIpc) is 3.08. The molecule has 1 aliphatic heterocycles. The molecule has 1 aliphatic rings. The van der Waals surface area contributed by atoms with Crippen LogP contribution in [0.25, 0.3) is 11.2 Å². The molecule has 0 saturated carbocycles. The molecule has 0 bridgehead atoms. The number of aryl methyl sites for hydroxylation is 3. The predicted molar refractivity (Wildman–Crippen MR) is 110 cm³/mol. The molecule has 4 rings (SSSR count). The number of piperazine rings is 1. The summed E-state index contributed by atoms with van der Waals surface area (Å²) in [5, 5.41) is 0. The van der Waals surface area contributed by atoms with Gasteiger partial charge in [-0.15, -0.1) is 0 Å². The number of hydrogen-bond acceptors (Lipinski definition) is 5. The Morgan fingerprint density at radius 3 is 2.46 bits per heavy atom. The first-order valence-electron chi connectivity index (χ1n) is 9.71. The molecule has 3 aromatic rings. The molecular formula is C20H26N6O2. The summed E-state index contributed by atoms with van der Waals surface area (Å²) in [6.45, 7) is 4.27. The summed E-state index contributed by atoms with van der Waals surface area (Å²) in [6, 6.07) is 10.3. The molecule has 1 fully saturated rings. The monoisotopic (exact) mass is 382 g/mol. The van der Waals surface area contributed by atoms with Crippen LogP contribution in [0.2, 0.25) is 0 Å². The van der Waals surface area contributed by atoms with Gasteiger partial charge >= 0.3 is 5.69 Å². The first-order chi connectivity index (χ1) is 13.5. The molecule has 0 unspecified atom stereocenters. The second-order valence-corrected chi connectivity index (χ2v) is 7.43. The van der Waals surface area contributed by atoms with Crippen molar-refractivity contribution in [3.8, 4) is 0 Å². The van der Waals surface area contributed by atoms with E-state index in [0.717, 1.165) is 45.0 Å².